The molecule has 3 nitrogen and oxygen atoms in total. The topological polar surface area (TPSA) is 43.4 Å². The Morgan fingerprint density at radius 3 is 2.67 bits per heavy atom. The average Bonchev–Trinajstić information content (AvgIpc) is 3.01. The molecular formula is C19H16ClFO3. The van der Waals surface area contributed by atoms with Gasteiger partial charge in [-0.15, -0.1) is 0 Å². The molecule has 5 heteroatoms. The van der Waals surface area contributed by atoms with Gasteiger partial charge in [0.2, 0.25) is 5.78 Å². The number of Topliss-reactive ketones (excluding diaryl/α,β-unsaturated/α-hetero) is 1. The predicted molar refractivity (Wildman–Crippen MR) is 89.1 cm³/mol. The Morgan fingerprint density at radius 1 is 1.17 bits per heavy atom. The molecule has 0 saturated carbocycles. The number of rotatable bonds is 4. The summed E-state index contributed by atoms with van der Waals surface area (Å²) in [4.78, 5) is 24.6. The van der Waals surface area contributed by atoms with Crippen molar-refractivity contribution in [2.75, 3.05) is 0 Å². The van der Waals surface area contributed by atoms with Crippen molar-refractivity contribution in [1.29, 1.82) is 0 Å². The predicted octanol–water partition coefficient (Wildman–Crippen LogP) is 4.40. The van der Waals surface area contributed by atoms with Gasteiger partial charge in [0.25, 0.3) is 0 Å². The molecular weight excluding hydrogens is 331 g/mol. The summed E-state index contributed by atoms with van der Waals surface area (Å²) >= 11 is 5.84. The first-order chi connectivity index (χ1) is 11.5. The highest BCUT2D eigenvalue weighted by Gasteiger charge is 2.25. The van der Waals surface area contributed by atoms with Crippen molar-refractivity contribution in [1.82, 2.24) is 0 Å². The molecule has 1 aliphatic carbocycles. The highest BCUT2D eigenvalue weighted by Crippen LogP contribution is 2.24. The van der Waals surface area contributed by atoms with Crippen LogP contribution in [0, 0.1) is 5.82 Å². The molecule has 0 amide bonds. The first kappa shape index (κ1) is 16.7. The molecule has 2 aromatic rings. The molecule has 0 fully saturated rings. The van der Waals surface area contributed by atoms with Crippen LogP contribution in [0.25, 0.3) is 0 Å². The minimum Gasteiger partial charge on any atom is -0.451 e. The van der Waals surface area contributed by atoms with E-state index in [1.165, 1.54) is 24.6 Å². The standard InChI is InChI=1S/C19H16ClFO3/c1-11(24-19(23)17-15(20)6-3-7-16(17)21)18(22)14-9-8-12-4-2-5-13(12)10-14/h3,6-11H,2,4-5H2,1H3. The highest BCUT2D eigenvalue weighted by atomic mass is 35.5. The van der Waals surface area contributed by atoms with Gasteiger partial charge >= 0.3 is 5.97 Å². The number of fused-ring (bicyclic) bond motifs is 1. The maximum absolute atomic E-state index is 13.8. The molecule has 0 bridgehead atoms. The zero-order valence-corrected chi connectivity index (χ0v) is 13.9. The third kappa shape index (κ3) is 3.20. The second-order valence-electron chi connectivity index (χ2n) is 5.85. The van der Waals surface area contributed by atoms with E-state index < -0.39 is 17.9 Å². The number of benzene rings is 2. The highest BCUT2D eigenvalue weighted by molar-refractivity contribution is 6.33. The van der Waals surface area contributed by atoms with Crippen LogP contribution in [0.4, 0.5) is 4.39 Å². The molecule has 1 unspecified atom stereocenters. The molecule has 0 saturated heterocycles. The zero-order valence-electron chi connectivity index (χ0n) is 13.1. The number of halogens is 2. The normalized spacial score (nSPS) is 14.1. The lowest BCUT2D eigenvalue weighted by Gasteiger charge is -2.14. The maximum Gasteiger partial charge on any atom is 0.343 e. The number of ketones is 1. The SMILES string of the molecule is CC(OC(=O)c1c(F)cccc1Cl)C(=O)c1ccc2c(c1)CCC2. The van der Waals surface area contributed by atoms with E-state index in [1.54, 1.807) is 6.07 Å². The van der Waals surface area contributed by atoms with Crippen LogP contribution in [0.3, 0.4) is 0 Å². The average molecular weight is 347 g/mol. The molecule has 0 aliphatic heterocycles. The van der Waals surface area contributed by atoms with Gasteiger partial charge in [0.05, 0.1) is 5.02 Å². The number of carbonyl (C=O) groups excluding carboxylic acids is 2. The van der Waals surface area contributed by atoms with Crippen molar-refractivity contribution < 1.29 is 18.7 Å². The largest absolute Gasteiger partial charge is 0.451 e. The van der Waals surface area contributed by atoms with E-state index in [0.717, 1.165) is 30.9 Å². The maximum atomic E-state index is 13.8. The van der Waals surface area contributed by atoms with Crippen LogP contribution in [0.1, 0.15) is 45.2 Å². The van der Waals surface area contributed by atoms with Gasteiger partial charge in [0.15, 0.2) is 6.10 Å². The van der Waals surface area contributed by atoms with Gasteiger partial charge in [-0.3, -0.25) is 4.79 Å². The fraction of sp³-hybridized carbons (Fsp3) is 0.263. The van der Waals surface area contributed by atoms with Crippen LogP contribution in [-0.2, 0) is 17.6 Å². The number of aryl methyl sites for hydroxylation is 2. The Morgan fingerprint density at radius 2 is 1.92 bits per heavy atom. The first-order valence-corrected chi connectivity index (χ1v) is 8.16. The minimum atomic E-state index is -1.02. The summed E-state index contributed by atoms with van der Waals surface area (Å²) in [5.41, 5.74) is 2.56. The van der Waals surface area contributed by atoms with Gasteiger partial charge in [-0.05, 0) is 55.5 Å². The Kier molecular flexibility index (Phi) is 4.67. The number of carbonyl (C=O) groups is 2. The van der Waals surface area contributed by atoms with Crippen LogP contribution >= 0.6 is 11.6 Å². The van der Waals surface area contributed by atoms with Gasteiger partial charge < -0.3 is 4.74 Å². The molecule has 3 rings (SSSR count). The van der Waals surface area contributed by atoms with Gasteiger partial charge in [0, 0.05) is 5.56 Å². The summed E-state index contributed by atoms with van der Waals surface area (Å²) in [7, 11) is 0. The number of hydrogen-bond donors (Lipinski definition) is 0. The quantitative estimate of drug-likeness (QED) is 0.609. The third-order valence-corrected chi connectivity index (χ3v) is 4.52. The molecule has 0 radical (unpaired) electrons. The smallest absolute Gasteiger partial charge is 0.343 e. The lowest BCUT2D eigenvalue weighted by molar-refractivity contribution is 0.0314. The lowest BCUT2D eigenvalue weighted by atomic mass is 10.0. The molecule has 2 aromatic carbocycles. The molecule has 1 aliphatic rings. The minimum absolute atomic E-state index is 0.0443. The fourth-order valence-corrected chi connectivity index (χ4v) is 3.17. The van der Waals surface area contributed by atoms with Crippen molar-refractivity contribution in [2.45, 2.75) is 32.3 Å². The Bertz CT molecular complexity index is 796. The lowest BCUT2D eigenvalue weighted by Crippen LogP contribution is -2.25. The monoisotopic (exact) mass is 346 g/mol. The van der Waals surface area contributed by atoms with Crippen molar-refractivity contribution in [3.8, 4) is 0 Å². The molecule has 1 atom stereocenters. The van der Waals surface area contributed by atoms with Gasteiger partial charge in [-0.25, -0.2) is 9.18 Å². The first-order valence-electron chi connectivity index (χ1n) is 7.78. The summed E-state index contributed by atoms with van der Waals surface area (Å²) in [6.07, 6.45) is 2.05. The molecule has 0 aromatic heterocycles. The van der Waals surface area contributed by atoms with Crippen molar-refractivity contribution >= 4 is 23.4 Å². The van der Waals surface area contributed by atoms with E-state index in [1.807, 2.05) is 12.1 Å². The van der Waals surface area contributed by atoms with E-state index in [4.69, 9.17) is 16.3 Å². The van der Waals surface area contributed by atoms with Crippen LogP contribution in [-0.4, -0.2) is 17.9 Å². The van der Waals surface area contributed by atoms with Gasteiger partial charge in [-0.2, -0.15) is 0 Å². The van der Waals surface area contributed by atoms with Crippen LogP contribution in [0.2, 0.25) is 5.02 Å². The number of esters is 1. The summed E-state index contributed by atoms with van der Waals surface area (Å²) in [6.45, 7) is 1.47. The van der Waals surface area contributed by atoms with Crippen LogP contribution in [0.15, 0.2) is 36.4 Å². The number of ether oxygens (including phenoxy) is 1. The van der Waals surface area contributed by atoms with E-state index in [2.05, 4.69) is 0 Å². The summed E-state index contributed by atoms with van der Waals surface area (Å²) in [6, 6.07) is 9.45. The van der Waals surface area contributed by atoms with E-state index in [9.17, 15) is 14.0 Å². The van der Waals surface area contributed by atoms with Crippen molar-refractivity contribution in [2.24, 2.45) is 0 Å². The number of hydrogen-bond acceptors (Lipinski definition) is 3. The molecule has 0 spiro atoms. The molecule has 0 heterocycles. The second-order valence-corrected chi connectivity index (χ2v) is 6.25. The summed E-state index contributed by atoms with van der Waals surface area (Å²) in [5, 5.41) is -0.0443. The van der Waals surface area contributed by atoms with Crippen molar-refractivity contribution in [3.05, 3.63) is 69.5 Å². The van der Waals surface area contributed by atoms with Crippen molar-refractivity contribution in [3.63, 3.8) is 0 Å². The summed E-state index contributed by atoms with van der Waals surface area (Å²) in [5.74, 6) is -2.03. The third-order valence-electron chi connectivity index (χ3n) is 4.20. The Labute approximate surface area is 144 Å². The molecule has 0 N–H and O–H groups in total. The fourth-order valence-electron chi connectivity index (χ4n) is 2.93. The van der Waals surface area contributed by atoms with Gasteiger partial charge in [-0.1, -0.05) is 29.8 Å². The van der Waals surface area contributed by atoms with E-state index in [0.29, 0.717) is 5.56 Å². The summed E-state index contributed by atoms with van der Waals surface area (Å²) < 4.78 is 18.9. The second kappa shape index (κ2) is 6.73. The molecule has 124 valence electrons. The van der Waals surface area contributed by atoms with Crippen LogP contribution in [0.5, 0.6) is 0 Å². The van der Waals surface area contributed by atoms with E-state index >= 15 is 0 Å². The van der Waals surface area contributed by atoms with Crippen LogP contribution < -0.4 is 0 Å². The Balaban J connectivity index is 1.76. The zero-order chi connectivity index (χ0) is 17.3. The van der Waals surface area contributed by atoms with E-state index in [-0.39, 0.29) is 16.4 Å². The molecule has 24 heavy (non-hydrogen) atoms. The Hall–Kier alpha value is -2.20. The van der Waals surface area contributed by atoms with Gasteiger partial charge in [0.1, 0.15) is 11.4 Å².